The minimum Gasteiger partial charge on any atom is -0.480 e. The van der Waals surface area contributed by atoms with Crippen molar-refractivity contribution in [2.24, 2.45) is 5.92 Å². The molecule has 0 spiro atoms. The van der Waals surface area contributed by atoms with Gasteiger partial charge < -0.3 is 14.9 Å². The summed E-state index contributed by atoms with van der Waals surface area (Å²) in [5.41, 5.74) is -0.153. The van der Waals surface area contributed by atoms with Crippen LogP contribution in [0.5, 0.6) is 0 Å². The molecule has 1 atom stereocenters. The fraction of sp³-hybridized carbons (Fsp3) is 0.643. The van der Waals surface area contributed by atoms with Gasteiger partial charge in [-0.05, 0) is 12.3 Å². The van der Waals surface area contributed by atoms with Gasteiger partial charge in [-0.2, -0.15) is 0 Å². The Hall–Kier alpha value is -1.85. The maximum Gasteiger partial charge on any atom is 0.326 e. The zero-order valence-corrected chi connectivity index (χ0v) is 12.6. The lowest BCUT2D eigenvalue weighted by Gasteiger charge is -2.15. The fourth-order valence-electron chi connectivity index (χ4n) is 1.66. The van der Waals surface area contributed by atoms with Crippen LogP contribution in [0.2, 0.25) is 0 Å². The van der Waals surface area contributed by atoms with Gasteiger partial charge in [0.2, 0.25) is 0 Å². The summed E-state index contributed by atoms with van der Waals surface area (Å²) in [7, 11) is 0. The van der Waals surface area contributed by atoms with Crippen molar-refractivity contribution in [1.29, 1.82) is 0 Å². The van der Waals surface area contributed by atoms with Gasteiger partial charge in [-0.25, -0.2) is 4.79 Å². The van der Waals surface area contributed by atoms with Gasteiger partial charge in [-0.15, -0.1) is 0 Å². The summed E-state index contributed by atoms with van der Waals surface area (Å²) in [5.74, 6) is -0.832. The molecule has 20 heavy (non-hydrogen) atoms. The molecule has 6 nitrogen and oxygen atoms in total. The second-order valence-electron chi connectivity index (χ2n) is 6.32. The van der Waals surface area contributed by atoms with Gasteiger partial charge in [0.15, 0.2) is 5.69 Å². The van der Waals surface area contributed by atoms with Crippen molar-refractivity contribution in [2.45, 2.75) is 52.5 Å². The van der Waals surface area contributed by atoms with Crippen LogP contribution in [0.4, 0.5) is 0 Å². The highest BCUT2D eigenvalue weighted by molar-refractivity contribution is 5.94. The molecule has 112 valence electrons. The molecule has 0 aliphatic heterocycles. The summed E-state index contributed by atoms with van der Waals surface area (Å²) in [5, 5.41) is 15.3. The summed E-state index contributed by atoms with van der Waals surface area (Å²) in [6.45, 7) is 9.61. The Kier molecular flexibility index (Phi) is 4.92. The first kappa shape index (κ1) is 16.2. The standard InChI is InChI=1S/C14H22N2O4/c1-8(2)6-10(13(18)19)15-12(17)9-7-11(20-16-9)14(3,4)5/h7-8,10H,6H2,1-5H3,(H,15,17)(H,18,19)/t10-/m0/s1. The Morgan fingerprint density at radius 2 is 2.00 bits per heavy atom. The van der Waals surface area contributed by atoms with Gasteiger partial charge in [0, 0.05) is 11.5 Å². The monoisotopic (exact) mass is 282 g/mol. The molecule has 2 N–H and O–H groups in total. The minimum atomic E-state index is -1.05. The van der Waals surface area contributed by atoms with E-state index in [2.05, 4.69) is 10.5 Å². The van der Waals surface area contributed by atoms with E-state index >= 15 is 0 Å². The predicted molar refractivity (Wildman–Crippen MR) is 73.5 cm³/mol. The van der Waals surface area contributed by atoms with E-state index in [-0.39, 0.29) is 17.0 Å². The van der Waals surface area contributed by atoms with E-state index < -0.39 is 17.9 Å². The lowest BCUT2D eigenvalue weighted by atomic mass is 9.93. The number of aromatic nitrogens is 1. The van der Waals surface area contributed by atoms with Crippen molar-refractivity contribution < 1.29 is 19.2 Å². The van der Waals surface area contributed by atoms with E-state index in [9.17, 15) is 9.59 Å². The number of hydrogen-bond donors (Lipinski definition) is 2. The van der Waals surface area contributed by atoms with Crippen molar-refractivity contribution in [3.8, 4) is 0 Å². The molecule has 0 saturated carbocycles. The van der Waals surface area contributed by atoms with E-state index in [1.54, 1.807) is 6.07 Å². The van der Waals surface area contributed by atoms with Crippen molar-refractivity contribution in [1.82, 2.24) is 10.5 Å². The Bertz CT molecular complexity index is 486. The quantitative estimate of drug-likeness (QED) is 0.863. The van der Waals surface area contributed by atoms with Crippen LogP contribution in [0.3, 0.4) is 0 Å². The molecule has 0 aliphatic rings. The van der Waals surface area contributed by atoms with Crippen LogP contribution >= 0.6 is 0 Å². The predicted octanol–water partition coefficient (Wildman–Crippen LogP) is 2.20. The molecular weight excluding hydrogens is 260 g/mol. The molecule has 0 fully saturated rings. The first-order valence-electron chi connectivity index (χ1n) is 6.62. The van der Waals surface area contributed by atoms with Crippen molar-refractivity contribution in [3.63, 3.8) is 0 Å². The third-order valence-electron chi connectivity index (χ3n) is 2.79. The Labute approximate surface area is 118 Å². The van der Waals surface area contributed by atoms with Crippen molar-refractivity contribution in [2.75, 3.05) is 0 Å². The molecule has 0 aromatic carbocycles. The minimum absolute atomic E-state index is 0.102. The van der Waals surface area contributed by atoms with Crippen LogP contribution in [0, 0.1) is 5.92 Å². The molecule has 0 unspecified atom stereocenters. The van der Waals surface area contributed by atoms with Gasteiger partial charge in [0.05, 0.1) is 0 Å². The molecule has 0 radical (unpaired) electrons. The van der Waals surface area contributed by atoms with Gasteiger partial charge in [0.1, 0.15) is 11.8 Å². The van der Waals surface area contributed by atoms with Crippen molar-refractivity contribution in [3.05, 3.63) is 17.5 Å². The molecule has 1 rings (SSSR count). The average Bonchev–Trinajstić information content (AvgIpc) is 2.75. The maximum absolute atomic E-state index is 12.0. The molecule has 0 bridgehead atoms. The molecule has 1 amide bonds. The SMILES string of the molecule is CC(C)C[C@H](NC(=O)c1cc(C(C)(C)C)on1)C(=O)O. The summed E-state index contributed by atoms with van der Waals surface area (Å²) >= 11 is 0. The van der Waals surface area contributed by atoms with E-state index in [0.717, 1.165) is 0 Å². The van der Waals surface area contributed by atoms with E-state index in [4.69, 9.17) is 9.63 Å². The van der Waals surface area contributed by atoms with Crippen LogP contribution in [-0.4, -0.2) is 28.2 Å². The van der Waals surface area contributed by atoms with Crippen LogP contribution in [0.25, 0.3) is 0 Å². The highest BCUT2D eigenvalue weighted by atomic mass is 16.5. The third kappa shape index (κ3) is 4.36. The fourth-order valence-corrected chi connectivity index (χ4v) is 1.66. The Balaban J connectivity index is 2.79. The number of carboxylic acid groups (broad SMARTS) is 1. The number of nitrogens with one attached hydrogen (secondary N) is 1. The number of carbonyl (C=O) groups excluding carboxylic acids is 1. The van der Waals surface area contributed by atoms with E-state index in [1.165, 1.54) is 0 Å². The highest BCUT2D eigenvalue weighted by Gasteiger charge is 2.25. The van der Waals surface area contributed by atoms with Crippen molar-refractivity contribution >= 4 is 11.9 Å². The van der Waals surface area contributed by atoms with Crippen LogP contribution in [0.15, 0.2) is 10.6 Å². The van der Waals surface area contributed by atoms with Gasteiger partial charge in [0.25, 0.3) is 5.91 Å². The molecule has 0 saturated heterocycles. The molecular formula is C14H22N2O4. The molecule has 1 heterocycles. The second-order valence-corrected chi connectivity index (χ2v) is 6.32. The number of hydrogen-bond acceptors (Lipinski definition) is 4. The maximum atomic E-state index is 12.0. The summed E-state index contributed by atoms with van der Waals surface area (Å²) in [6, 6.07) is 0.626. The first-order chi connectivity index (χ1) is 9.11. The van der Waals surface area contributed by atoms with E-state index in [1.807, 2.05) is 34.6 Å². The Morgan fingerprint density at radius 1 is 1.40 bits per heavy atom. The van der Waals surface area contributed by atoms with Crippen LogP contribution in [-0.2, 0) is 10.2 Å². The number of aliphatic carboxylic acids is 1. The lowest BCUT2D eigenvalue weighted by molar-refractivity contribution is -0.139. The second kappa shape index (κ2) is 6.07. The van der Waals surface area contributed by atoms with Gasteiger partial charge >= 0.3 is 5.97 Å². The summed E-state index contributed by atoms with van der Waals surface area (Å²) in [4.78, 5) is 23.1. The number of nitrogens with zero attached hydrogens (tertiary/aromatic N) is 1. The number of rotatable bonds is 5. The van der Waals surface area contributed by atoms with Gasteiger partial charge in [-0.3, -0.25) is 4.79 Å². The Morgan fingerprint density at radius 3 is 2.40 bits per heavy atom. The van der Waals surface area contributed by atoms with E-state index in [0.29, 0.717) is 12.2 Å². The zero-order valence-electron chi connectivity index (χ0n) is 12.6. The van der Waals surface area contributed by atoms with Crippen LogP contribution in [0.1, 0.15) is 57.3 Å². The summed E-state index contributed by atoms with van der Waals surface area (Å²) < 4.78 is 5.12. The molecule has 6 heteroatoms. The molecule has 1 aromatic rings. The highest BCUT2D eigenvalue weighted by Crippen LogP contribution is 2.22. The normalized spacial score (nSPS) is 13.3. The third-order valence-corrected chi connectivity index (χ3v) is 2.79. The molecule has 1 aromatic heterocycles. The summed E-state index contributed by atoms with van der Waals surface area (Å²) in [6.07, 6.45) is 0.366. The largest absolute Gasteiger partial charge is 0.480 e. The topological polar surface area (TPSA) is 92.4 Å². The zero-order chi connectivity index (χ0) is 15.5. The number of carbonyl (C=O) groups is 2. The average molecular weight is 282 g/mol. The number of carboxylic acids is 1. The lowest BCUT2D eigenvalue weighted by Crippen LogP contribution is -2.41. The first-order valence-corrected chi connectivity index (χ1v) is 6.62. The molecule has 0 aliphatic carbocycles. The van der Waals surface area contributed by atoms with Gasteiger partial charge in [-0.1, -0.05) is 39.8 Å². The number of amides is 1. The van der Waals surface area contributed by atoms with Crippen LogP contribution < -0.4 is 5.32 Å². The smallest absolute Gasteiger partial charge is 0.326 e.